The van der Waals surface area contributed by atoms with Gasteiger partial charge in [-0.05, 0) is 42.3 Å². The number of carbonyl (C=O) groups is 1. The van der Waals surface area contributed by atoms with Crippen LogP contribution in [0, 0.1) is 10.1 Å². The molecule has 1 heterocycles. The first-order chi connectivity index (χ1) is 13.1. The van der Waals surface area contributed by atoms with Crippen LogP contribution in [0.5, 0.6) is 5.75 Å². The highest BCUT2D eigenvalue weighted by Gasteiger charge is 2.24. The molecule has 0 saturated heterocycles. The SMILES string of the molecule is CCCCOc1ccc(C2=N/C(=C/c3cccc([N+](=O)[O-])c3)C(=O)O2)cc1. The van der Waals surface area contributed by atoms with E-state index in [0.717, 1.165) is 18.6 Å². The monoisotopic (exact) mass is 366 g/mol. The molecule has 0 fully saturated rings. The molecule has 0 amide bonds. The minimum atomic E-state index is -0.597. The average Bonchev–Trinajstić information content (AvgIpc) is 3.03. The van der Waals surface area contributed by atoms with Gasteiger partial charge in [-0.15, -0.1) is 0 Å². The van der Waals surface area contributed by atoms with Gasteiger partial charge in [0.2, 0.25) is 5.90 Å². The number of esters is 1. The maximum Gasteiger partial charge on any atom is 0.363 e. The molecule has 0 atom stereocenters. The molecule has 3 rings (SSSR count). The summed E-state index contributed by atoms with van der Waals surface area (Å²) in [5.74, 6) is 0.334. The zero-order chi connectivity index (χ0) is 19.2. The van der Waals surface area contributed by atoms with Crippen LogP contribution in [0.3, 0.4) is 0 Å². The number of non-ortho nitro benzene ring substituents is 1. The van der Waals surface area contributed by atoms with E-state index in [1.807, 2.05) is 0 Å². The Balaban J connectivity index is 1.77. The summed E-state index contributed by atoms with van der Waals surface area (Å²) in [5.41, 5.74) is 1.18. The van der Waals surface area contributed by atoms with Gasteiger partial charge in [0.05, 0.1) is 11.5 Å². The summed E-state index contributed by atoms with van der Waals surface area (Å²) < 4.78 is 10.8. The van der Waals surface area contributed by atoms with Crippen molar-refractivity contribution >= 4 is 23.6 Å². The van der Waals surface area contributed by atoms with Gasteiger partial charge < -0.3 is 9.47 Å². The normalized spacial score (nSPS) is 14.8. The Morgan fingerprint density at radius 2 is 2.00 bits per heavy atom. The Morgan fingerprint density at radius 1 is 1.22 bits per heavy atom. The number of hydrogen-bond donors (Lipinski definition) is 0. The largest absolute Gasteiger partial charge is 0.494 e. The van der Waals surface area contributed by atoms with Crippen molar-refractivity contribution < 1.29 is 19.2 Å². The summed E-state index contributed by atoms with van der Waals surface area (Å²) in [6.07, 6.45) is 3.51. The van der Waals surface area contributed by atoms with Crippen LogP contribution in [0.2, 0.25) is 0 Å². The third kappa shape index (κ3) is 4.58. The minimum absolute atomic E-state index is 0.0569. The van der Waals surface area contributed by atoms with Crippen molar-refractivity contribution in [1.82, 2.24) is 0 Å². The molecule has 0 saturated carbocycles. The molecular formula is C20H18N2O5. The van der Waals surface area contributed by atoms with Crippen LogP contribution in [0.15, 0.2) is 59.2 Å². The first kappa shape index (κ1) is 18.3. The zero-order valence-electron chi connectivity index (χ0n) is 14.8. The molecule has 0 unspecified atom stereocenters. The summed E-state index contributed by atoms with van der Waals surface area (Å²) in [6.45, 7) is 2.75. The van der Waals surface area contributed by atoms with Crippen LogP contribution < -0.4 is 4.74 Å². The van der Waals surface area contributed by atoms with Crippen molar-refractivity contribution in [3.05, 3.63) is 75.5 Å². The smallest absolute Gasteiger partial charge is 0.363 e. The van der Waals surface area contributed by atoms with Crippen LogP contribution in [0.4, 0.5) is 5.69 Å². The van der Waals surface area contributed by atoms with Crippen molar-refractivity contribution in [3.8, 4) is 5.75 Å². The standard InChI is InChI=1S/C20H18N2O5/c1-2-3-11-26-17-9-7-15(8-10-17)19-21-18(20(23)27-19)13-14-5-4-6-16(12-14)22(24)25/h4-10,12-13H,2-3,11H2,1H3/b18-13+. The summed E-state index contributed by atoms with van der Waals surface area (Å²) in [6, 6.07) is 13.1. The second-order valence-corrected chi connectivity index (χ2v) is 5.91. The Morgan fingerprint density at radius 3 is 2.70 bits per heavy atom. The average molecular weight is 366 g/mol. The van der Waals surface area contributed by atoms with Gasteiger partial charge in [-0.3, -0.25) is 10.1 Å². The third-order valence-electron chi connectivity index (χ3n) is 3.87. The molecule has 1 aliphatic rings. The van der Waals surface area contributed by atoms with E-state index in [4.69, 9.17) is 9.47 Å². The van der Waals surface area contributed by atoms with E-state index in [-0.39, 0.29) is 17.3 Å². The second kappa shape index (κ2) is 8.27. The predicted octanol–water partition coefficient (Wildman–Crippen LogP) is 4.12. The van der Waals surface area contributed by atoms with Gasteiger partial charge in [0.15, 0.2) is 5.70 Å². The van der Waals surface area contributed by atoms with Crippen LogP contribution in [0.1, 0.15) is 30.9 Å². The molecule has 7 nitrogen and oxygen atoms in total. The molecule has 138 valence electrons. The van der Waals surface area contributed by atoms with E-state index < -0.39 is 10.9 Å². The van der Waals surface area contributed by atoms with Crippen LogP contribution >= 0.6 is 0 Å². The van der Waals surface area contributed by atoms with E-state index in [1.165, 1.54) is 18.2 Å². The Labute approximate surface area is 156 Å². The fourth-order valence-corrected chi connectivity index (χ4v) is 2.45. The summed E-state index contributed by atoms with van der Waals surface area (Å²) in [5, 5.41) is 10.9. The molecule has 2 aromatic carbocycles. The van der Waals surface area contributed by atoms with Crippen LogP contribution in [-0.2, 0) is 9.53 Å². The zero-order valence-corrected chi connectivity index (χ0v) is 14.8. The molecule has 0 aliphatic carbocycles. The van der Waals surface area contributed by atoms with E-state index in [2.05, 4.69) is 11.9 Å². The lowest BCUT2D eigenvalue weighted by atomic mass is 10.1. The van der Waals surface area contributed by atoms with Crippen molar-refractivity contribution in [3.63, 3.8) is 0 Å². The van der Waals surface area contributed by atoms with Gasteiger partial charge in [0.1, 0.15) is 5.75 Å². The number of nitrogens with zero attached hydrogens (tertiary/aromatic N) is 2. The number of nitro groups is 1. The molecule has 0 aromatic heterocycles. The van der Waals surface area contributed by atoms with Gasteiger partial charge >= 0.3 is 5.97 Å². The molecule has 0 spiro atoms. The molecule has 7 heteroatoms. The van der Waals surface area contributed by atoms with Crippen LogP contribution in [-0.4, -0.2) is 23.4 Å². The first-order valence-electron chi connectivity index (χ1n) is 8.57. The van der Waals surface area contributed by atoms with Crippen LogP contribution in [0.25, 0.3) is 6.08 Å². The number of benzene rings is 2. The van der Waals surface area contributed by atoms with Gasteiger partial charge in [0.25, 0.3) is 5.69 Å². The van der Waals surface area contributed by atoms with Gasteiger partial charge in [-0.25, -0.2) is 9.79 Å². The number of cyclic esters (lactones) is 1. The summed E-state index contributed by atoms with van der Waals surface area (Å²) in [4.78, 5) is 26.6. The summed E-state index contributed by atoms with van der Waals surface area (Å²) in [7, 11) is 0. The highest BCUT2D eigenvalue weighted by Crippen LogP contribution is 2.22. The Bertz CT molecular complexity index is 916. The predicted molar refractivity (Wildman–Crippen MR) is 101 cm³/mol. The minimum Gasteiger partial charge on any atom is -0.494 e. The topological polar surface area (TPSA) is 91.0 Å². The van der Waals surface area contributed by atoms with Gasteiger partial charge in [-0.2, -0.15) is 0 Å². The number of ether oxygens (including phenoxy) is 2. The Hall–Kier alpha value is -3.48. The number of aliphatic imine (C=N–C) groups is 1. The molecular weight excluding hydrogens is 348 g/mol. The number of unbranched alkanes of at least 4 members (excludes halogenated alkanes) is 1. The van der Waals surface area contributed by atoms with E-state index >= 15 is 0 Å². The molecule has 0 radical (unpaired) electrons. The molecule has 0 bridgehead atoms. The number of carbonyl (C=O) groups excluding carboxylic acids is 1. The highest BCUT2D eigenvalue weighted by molar-refractivity contribution is 6.12. The number of hydrogen-bond acceptors (Lipinski definition) is 6. The van der Waals surface area contributed by atoms with E-state index in [1.54, 1.807) is 36.4 Å². The maximum absolute atomic E-state index is 12.1. The lowest BCUT2D eigenvalue weighted by Gasteiger charge is -2.05. The molecule has 2 aromatic rings. The fourth-order valence-electron chi connectivity index (χ4n) is 2.45. The van der Waals surface area contributed by atoms with Crippen molar-refractivity contribution in [2.75, 3.05) is 6.61 Å². The van der Waals surface area contributed by atoms with Crippen molar-refractivity contribution in [1.29, 1.82) is 0 Å². The van der Waals surface area contributed by atoms with Crippen molar-refractivity contribution in [2.24, 2.45) is 4.99 Å². The van der Waals surface area contributed by atoms with Gasteiger partial charge in [-0.1, -0.05) is 25.5 Å². The fraction of sp³-hybridized carbons (Fsp3) is 0.200. The molecule has 27 heavy (non-hydrogen) atoms. The summed E-state index contributed by atoms with van der Waals surface area (Å²) >= 11 is 0. The highest BCUT2D eigenvalue weighted by atomic mass is 16.6. The molecule has 1 aliphatic heterocycles. The molecule has 0 N–H and O–H groups in total. The quantitative estimate of drug-likeness (QED) is 0.242. The maximum atomic E-state index is 12.1. The number of rotatable bonds is 7. The lowest BCUT2D eigenvalue weighted by Crippen LogP contribution is -2.05. The van der Waals surface area contributed by atoms with E-state index in [9.17, 15) is 14.9 Å². The Kier molecular flexibility index (Phi) is 5.61. The lowest BCUT2D eigenvalue weighted by molar-refractivity contribution is -0.384. The second-order valence-electron chi connectivity index (χ2n) is 5.91. The van der Waals surface area contributed by atoms with E-state index in [0.29, 0.717) is 17.7 Å². The number of nitro benzene ring substituents is 1. The van der Waals surface area contributed by atoms with Gasteiger partial charge in [0, 0.05) is 17.7 Å². The third-order valence-corrected chi connectivity index (χ3v) is 3.87. The van der Waals surface area contributed by atoms with Crippen molar-refractivity contribution in [2.45, 2.75) is 19.8 Å². The first-order valence-corrected chi connectivity index (χ1v) is 8.57.